The van der Waals surface area contributed by atoms with Crippen LogP contribution in [-0.2, 0) is 31.0 Å². The zero-order valence-electron chi connectivity index (χ0n) is 16.3. The van der Waals surface area contributed by atoms with Gasteiger partial charge in [0.25, 0.3) is 0 Å². The Balaban J connectivity index is 1.56. The van der Waals surface area contributed by atoms with Crippen LogP contribution in [0.2, 0.25) is 0 Å². The highest BCUT2D eigenvalue weighted by Gasteiger charge is 2.21. The Morgan fingerprint density at radius 2 is 1.76 bits per heavy atom. The molecule has 2 aromatic carbocycles. The predicted molar refractivity (Wildman–Crippen MR) is 111 cm³/mol. The van der Waals surface area contributed by atoms with Gasteiger partial charge in [0.15, 0.2) is 5.76 Å². The number of hydrogen-bond donors (Lipinski definition) is 1. The molecular weight excluding hydrogens is 391 g/mol. The van der Waals surface area contributed by atoms with Crippen molar-refractivity contribution in [2.45, 2.75) is 19.0 Å². The molecule has 7 nitrogen and oxygen atoms in total. The molecule has 1 heterocycles. The van der Waals surface area contributed by atoms with Gasteiger partial charge in [-0.3, -0.25) is 9.36 Å². The Labute approximate surface area is 169 Å². The van der Waals surface area contributed by atoms with Crippen molar-refractivity contribution in [3.8, 4) is 11.3 Å². The van der Waals surface area contributed by atoms with Crippen molar-refractivity contribution in [3.05, 3.63) is 71.9 Å². The molecule has 0 atom stereocenters. The van der Waals surface area contributed by atoms with E-state index in [1.165, 1.54) is 14.2 Å². The molecule has 152 valence electrons. The highest BCUT2D eigenvalue weighted by molar-refractivity contribution is 7.52. The number of carbonyl (C=O) groups excluding carboxylic acids is 1. The third kappa shape index (κ3) is 5.64. The molecule has 0 aliphatic heterocycles. The van der Waals surface area contributed by atoms with Gasteiger partial charge in [-0.05, 0) is 24.1 Å². The second kappa shape index (κ2) is 9.65. The molecule has 0 fully saturated rings. The van der Waals surface area contributed by atoms with Crippen molar-refractivity contribution in [1.29, 1.82) is 0 Å². The van der Waals surface area contributed by atoms with Gasteiger partial charge in [0.05, 0.1) is 12.4 Å². The molecule has 0 radical (unpaired) electrons. The SMILES string of the molecule is COP(=O)(Cc1ccc(NC(=O)CCc2cnoc2-c2ccccc2)cc1)OC. The number of nitrogens with zero attached hydrogens (tertiary/aromatic N) is 1. The minimum atomic E-state index is -3.12. The Morgan fingerprint density at radius 1 is 1.07 bits per heavy atom. The molecule has 0 saturated carbocycles. The van der Waals surface area contributed by atoms with Gasteiger partial charge >= 0.3 is 7.60 Å². The fraction of sp³-hybridized carbons (Fsp3) is 0.238. The topological polar surface area (TPSA) is 90.7 Å². The summed E-state index contributed by atoms with van der Waals surface area (Å²) in [4.78, 5) is 12.3. The van der Waals surface area contributed by atoms with Crippen molar-refractivity contribution in [1.82, 2.24) is 5.16 Å². The van der Waals surface area contributed by atoms with E-state index in [2.05, 4.69) is 10.5 Å². The van der Waals surface area contributed by atoms with Crippen molar-refractivity contribution < 1.29 is 22.9 Å². The molecule has 0 aliphatic carbocycles. The summed E-state index contributed by atoms with van der Waals surface area (Å²) in [5.41, 5.74) is 3.28. The molecule has 1 amide bonds. The molecule has 3 rings (SSSR count). The molecule has 0 bridgehead atoms. The highest BCUT2D eigenvalue weighted by atomic mass is 31.2. The van der Waals surface area contributed by atoms with Crippen LogP contribution in [0.4, 0.5) is 5.69 Å². The lowest BCUT2D eigenvalue weighted by molar-refractivity contribution is -0.116. The maximum atomic E-state index is 12.3. The summed E-state index contributed by atoms with van der Waals surface area (Å²) in [7, 11) is -0.399. The Hall–Kier alpha value is -2.73. The van der Waals surface area contributed by atoms with E-state index >= 15 is 0 Å². The van der Waals surface area contributed by atoms with E-state index in [0.29, 0.717) is 24.3 Å². The van der Waals surface area contributed by atoms with Crippen molar-refractivity contribution in [2.75, 3.05) is 19.5 Å². The lowest BCUT2D eigenvalue weighted by Gasteiger charge is -2.13. The summed E-state index contributed by atoms with van der Waals surface area (Å²) < 4.78 is 27.4. The largest absolute Gasteiger partial charge is 0.356 e. The van der Waals surface area contributed by atoms with Crippen LogP contribution in [0.1, 0.15) is 17.5 Å². The quantitative estimate of drug-likeness (QED) is 0.501. The van der Waals surface area contributed by atoms with Crippen LogP contribution in [0.3, 0.4) is 0 Å². The van der Waals surface area contributed by atoms with Crippen molar-refractivity contribution >= 4 is 19.2 Å². The number of nitrogens with one attached hydrogen (secondary N) is 1. The zero-order chi connectivity index (χ0) is 20.7. The number of aromatic nitrogens is 1. The van der Waals surface area contributed by atoms with Gasteiger partial charge in [-0.25, -0.2) is 0 Å². The second-order valence-electron chi connectivity index (χ2n) is 6.43. The smallest absolute Gasteiger partial charge is 0.334 e. The van der Waals surface area contributed by atoms with Crippen LogP contribution in [0.15, 0.2) is 65.3 Å². The van der Waals surface area contributed by atoms with E-state index in [0.717, 1.165) is 16.7 Å². The van der Waals surface area contributed by atoms with E-state index in [1.54, 1.807) is 30.5 Å². The van der Waals surface area contributed by atoms with Gasteiger partial charge in [0, 0.05) is 37.5 Å². The molecule has 8 heteroatoms. The number of anilines is 1. The lowest BCUT2D eigenvalue weighted by Crippen LogP contribution is -2.12. The fourth-order valence-electron chi connectivity index (χ4n) is 2.86. The Kier molecular flexibility index (Phi) is 6.99. The van der Waals surface area contributed by atoms with E-state index in [1.807, 2.05) is 30.3 Å². The summed E-state index contributed by atoms with van der Waals surface area (Å²) in [6, 6.07) is 16.8. The molecule has 1 N–H and O–H groups in total. The summed E-state index contributed by atoms with van der Waals surface area (Å²) in [6.45, 7) is 0. The summed E-state index contributed by atoms with van der Waals surface area (Å²) >= 11 is 0. The first-order valence-corrected chi connectivity index (χ1v) is 10.8. The summed E-state index contributed by atoms with van der Waals surface area (Å²) in [5, 5.41) is 6.72. The maximum absolute atomic E-state index is 12.3. The minimum Gasteiger partial charge on any atom is -0.356 e. The first-order valence-electron chi connectivity index (χ1n) is 9.11. The monoisotopic (exact) mass is 414 g/mol. The van der Waals surface area contributed by atoms with Crippen LogP contribution in [0.25, 0.3) is 11.3 Å². The number of hydrogen-bond acceptors (Lipinski definition) is 6. The predicted octanol–water partition coefficient (Wildman–Crippen LogP) is 4.90. The number of amides is 1. The molecule has 0 unspecified atom stereocenters. The number of aryl methyl sites for hydroxylation is 1. The maximum Gasteiger partial charge on any atom is 0.334 e. The van der Waals surface area contributed by atoms with Crippen LogP contribution in [-0.4, -0.2) is 25.3 Å². The Morgan fingerprint density at radius 3 is 2.41 bits per heavy atom. The van der Waals surface area contributed by atoms with Crippen molar-refractivity contribution in [2.24, 2.45) is 0 Å². The molecule has 0 spiro atoms. The summed E-state index contributed by atoms with van der Waals surface area (Å²) in [6.07, 6.45) is 2.63. The molecular formula is C21H23N2O5P. The fourth-order valence-corrected chi connectivity index (χ4v) is 3.92. The molecule has 0 aliphatic rings. The van der Waals surface area contributed by atoms with Gasteiger partial charge in [0.1, 0.15) is 0 Å². The average Bonchev–Trinajstić information content (AvgIpc) is 3.23. The minimum absolute atomic E-state index is 0.114. The van der Waals surface area contributed by atoms with E-state index in [-0.39, 0.29) is 12.1 Å². The first kappa shape index (κ1) is 21.0. The molecule has 3 aromatic rings. The summed E-state index contributed by atoms with van der Waals surface area (Å²) in [5.74, 6) is 0.570. The Bertz CT molecular complexity index is 978. The van der Waals surface area contributed by atoms with Crippen LogP contribution in [0, 0.1) is 0 Å². The van der Waals surface area contributed by atoms with Crippen LogP contribution >= 0.6 is 7.60 Å². The lowest BCUT2D eigenvalue weighted by atomic mass is 10.1. The average molecular weight is 414 g/mol. The van der Waals surface area contributed by atoms with Crippen LogP contribution < -0.4 is 5.32 Å². The number of carbonyl (C=O) groups is 1. The normalized spacial score (nSPS) is 11.4. The van der Waals surface area contributed by atoms with Crippen molar-refractivity contribution in [3.63, 3.8) is 0 Å². The van der Waals surface area contributed by atoms with Gasteiger partial charge in [0.2, 0.25) is 5.91 Å². The third-order valence-corrected chi connectivity index (χ3v) is 6.34. The number of benzene rings is 2. The van der Waals surface area contributed by atoms with Gasteiger partial charge in [-0.1, -0.05) is 47.6 Å². The first-order chi connectivity index (χ1) is 14.0. The molecule has 0 saturated heterocycles. The molecule has 1 aromatic heterocycles. The third-order valence-electron chi connectivity index (χ3n) is 4.47. The van der Waals surface area contributed by atoms with Gasteiger partial charge in [-0.2, -0.15) is 0 Å². The van der Waals surface area contributed by atoms with E-state index in [9.17, 15) is 9.36 Å². The molecule has 29 heavy (non-hydrogen) atoms. The van der Waals surface area contributed by atoms with E-state index < -0.39 is 7.60 Å². The van der Waals surface area contributed by atoms with Gasteiger partial charge in [-0.15, -0.1) is 0 Å². The van der Waals surface area contributed by atoms with Gasteiger partial charge < -0.3 is 18.9 Å². The van der Waals surface area contributed by atoms with Crippen LogP contribution in [0.5, 0.6) is 0 Å². The highest BCUT2D eigenvalue weighted by Crippen LogP contribution is 2.49. The van der Waals surface area contributed by atoms with E-state index in [4.69, 9.17) is 13.6 Å². The standard InChI is InChI=1S/C21H23N2O5P/c1-26-29(25,27-2)15-16-8-11-19(12-9-16)23-20(24)13-10-18-14-22-28-21(18)17-6-4-3-5-7-17/h3-9,11-12,14H,10,13,15H2,1-2H3,(H,23,24). The second-order valence-corrected chi connectivity index (χ2v) is 8.69. The number of rotatable bonds is 9. The zero-order valence-corrected chi connectivity index (χ0v) is 17.2.